The van der Waals surface area contributed by atoms with Gasteiger partial charge in [0, 0.05) is 25.0 Å². The van der Waals surface area contributed by atoms with Crippen molar-refractivity contribution in [3.63, 3.8) is 0 Å². The number of nitrogens with zero attached hydrogens (tertiary/aromatic N) is 1. The zero-order valence-electron chi connectivity index (χ0n) is 13.5. The number of rotatable bonds is 4. The molecule has 0 bridgehead atoms. The van der Waals surface area contributed by atoms with Crippen molar-refractivity contribution in [2.45, 2.75) is 69.9 Å². The van der Waals surface area contributed by atoms with Crippen LogP contribution >= 0.6 is 0 Å². The van der Waals surface area contributed by atoms with Gasteiger partial charge in [-0.05, 0) is 38.5 Å². The van der Waals surface area contributed by atoms with E-state index in [4.69, 9.17) is 5.11 Å². The third kappa shape index (κ3) is 3.67. The highest BCUT2D eigenvalue weighted by Gasteiger charge is 2.39. The van der Waals surface area contributed by atoms with E-state index in [0.717, 1.165) is 25.7 Å². The Hall–Kier alpha value is -1.59. The Bertz CT molecular complexity index is 479. The minimum Gasteiger partial charge on any atom is -0.481 e. The Balaban J connectivity index is 1.47. The van der Waals surface area contributed by atoms with Crippen LogP contribution in [0.3, 0.4) is 0 Å². The third-order valence-corrected chi connectivity index (χ3v) is 5.72. The number of carbonyl (C=O) groups excluding carboxylic acids is 2. The molecule has 2 saturated carbocycles. The molecule has 6 nitrogen and oxygen atoms in total. The maximum atomic E-state index is 12.4. The molecule has 3 aliphatic rings. The molecule has 1 saturated heterocycles. The van der Waals surface area contributed by atoms with E-state index in [-0.39, 0.29) is 29.7 Å². The molecule has 0 spiro atoms. The molecule has 2 amide bonds. The number of carbonyl (C=O) groups is 3. The number of nitrogens with one attached hydrogen (secondary N) is 1. The predicted molar refractivity (Wildman–Crippen MR) is 83.6 cm³/mol. The van der Waals surface area contributed by atoms with Crippen molar-refractivity contribution in [2.75, 3.05) is 6.54 Å². The van der Waals surface area contributed by atoms with Gasteiger partial charge in [-0.1, -0.05) is 12.8 Å². The average Bonchev–Trinajstić information content (AvgIpc) is 3.16. The summed E-state index contributed by atoms with van der Waals surface area (Å²) in [6, 6.07) is 0.403. The van der Waals surface area contributed by atoms with Gasteiger partial charge >= 0.3 is 5.97 Å². The van der Waals surface area contributed by atoms with Gasteiger partial charge in [-0.2, -0.15) is 0 Å². The van der Waals surface area contributed by atoms with E-state index in [2.05, 4.69) is 5.32 Å². The van der Waals surface area contributed by atoms with Crippen molar-refractivity contribution < 1.29 is 19.5 Å². The molecular weight excluding hydrogens is 296 g/mol. The van der Waals surface area contributed by atoms with Gasteiger partial charge in [-0.3, -0.25) is 14.4 Å². The maximum Gasteiger partial charge on any atom is 0.306 e. The summed E-state index contributed by atoms with van der Waals surface area (Å²) < 4.78 is 0. The fourth-order valence-electron chi connectivity index (χ4n) is 4.28. The largest absolute Gasteiger partial charge is 0.481 e. The topological polar surface area (TPSA) is 86.7 Å². The Labute approximate surface area is 136 Å². The summed E-state index contributed by atoms with van der Waals surface area (Å²) in [5, 5.41) is 12.1. The fraction of sp³-hybridized carbons (Fsp3) is 0.824. The lowest BCUT2D eigenvalue weighted by Gasteiger charge is -2.28. The van der Waals surface area contributed by atoms with Crippen LogP contribution in [0.5, 0.6) is 0 Å². The van der Waals surface area contributed by atoms with Crippen molar-refractivity contribution >= 4 is 17.8 Å². The molecule has 23 heavy (non-hydrogen) atoms. The third-order valence-electron chi connectivity index (χ3n) is 5.72. The Morgan fingerprint density at radius 3 is 2.26 bits per heavy atom. The summed E-state index contributed by atoms with van der Waals surface area (Å²) in [6.45, 7) is 0.555. The van der Waals surface area contributed by atoms with Crippen LogP contribution in [0.15, 0.2) is 0 Å². The molecule has 1 atom stereocenters. The molecule has 0 aromatic carbocycles. The second kappa shape index (κ2) is 6.89. The monoisotopic (exact) mass is 322 g/mol. The molecule has 128 valence electrons. The Morgan fingerprint density at radius 2 is 1.65 bits per heavy atom. The SMILES string of the molecule is O=C(O)C1CCC(NC(=O)[C@H]2CC(=O)N(C3CCCC3)C2)CC1. The first-order valence-corrected chi connectivity index (χ1v) is 8.87. The molecule has 0 unspecified atom stereocenters. The van der Waals surface area contributed by atoms with Gasteiger partial charge in [0.15, 0.2) is 0 Å². The first-order chi connectivity index (χ1) is 11.0. The highest BCUT2D eigenvalue weighted by atomic mass is 16.4. The Morgan fingerprint density at radius 1 is 1.00 bits per heavy atom. The first kappa shape index (κ1) is 16.3. The predicted octanol–water partition coefficient (Wildman–Crippen LogP) is 1.54. The second-order valence-electron chi connectivity index (χ2n) is 7.28. The van der Waals surface area contributed by atoms with Gasteiger partial charge in [-0.15, -0.1) is 0 Å². The molecule has 1 aliphatic heterocycles. The lowest BCUT2D eigenvalue weighted by molar-refractivity contribution is -0.143. The van der Waals surface area contributed by atoms with Gasteiger partial charge in [-0.25, -0.2) is 0 Å². The molecule has 2 aliphatic carbocycles. The van der Waals surface area contributed by atoms with E-state index >= 15 is 0 Å². The van der Waals surface area contributed by atoms with Crippen LogP contribution in [0.1, 0.15) is 57.8 Å². The summed E-state index contributed by atoms with van der Waals surface area (Å²) in [4.78, 5) is 37.5. The minimum atomic E-state index is -0.733. The number of amides is 2. The standard InChI is InChI=1S/C17H26N2O4/c20-15-9-12(10-19(15)14-3-1-2-4-14)16(21)18-13-7-5-11(6-8-13)17(22)23/h11-14H,1-10H2,(H,18,21)(H,22,23)/t11?,12-,13?/m0/s1. The molecule has 6 heteroatoms. The van der Waals surface area contributed by atoms with Crippen molar-refractivity contribution in [2.24, 2.45) is 11.8 Å². The van der Waals surface area contributed by atoms with E-state index in [9.17, 15) is 14.4 Å². The van der Waals surface area contributed by atoms with E-state index in [1.165, 1.54) is 12.8 Å². The lowest BCUT2D eigenvalue weighted by atomic mass is 9.86. The smallest absolute Gasteiger partial charge is 0.306 e. The van der Waals surface area contributed by atoms with Crippen molar-refractivity contribution in [1.29, 1.82) is 0 Å². The molecule has 2 N–H and O–H groups in total. The van der Waals surface area contributed by atoms with Gasteiger partial charge in [0.05, 0.1) is 11.8 Å². The summed E-state index contributed by atoms with van der Waals surface area (Å²) in [5.41, 5.74) is 0. The van der Waals surface area contributed by atoms with E-state index in [1.807, 2.05) is 4.90 Å². The highest BCUT2D eigenvalue weighted by molar-refractivity contribution is 5.89. The summed E-state index contributed by atoms with van der Waals surface area (Å²) in [6.07, 6.45) is 7.50. The van der Waals surface area contributed by atoms with Crippen LogP contribution < -0.4 is 5.32 Å². The number of hydrogen-bond donors (Lipinski definition) is 2. The van der Waals surface area contributed by atoms with E-state index in [0.29, 0.717) is 31.8 Å². The Kier molecular flexibility index (Phi) is 4.87. The van der Waals surface area contributed by atoms with Crippen LogP contribution in [0, 0.1) is 11.8 Å². The van der Waals surface area contributed by atoms with Crippen LogP contribution in [-0.4, -0.2) is 46.4 Å². The molecule has 0 aromatic rings. The van der Waals surface area contributed by atoms with Gasteiger partial charge in [0.2, 0.25) is 11.8 Å². The number of hydrogen-bond acceptors (Lipinski definition) is 3. The van der Waals surface area contributed by atoms with Crippen molar-refractivity contribution in [3.05, 3.63) is 0 Å². The zero-order valence-corrected chi connectivity index (χ0v) is 13.5. The van der Waals surface area contributed by atoms with Crippen molar-refractivity contribution in [1.82, 2.24) is 10.2 Å². The molecular formula is C17H26N2O4. The first-order valence-electron chi connectivity index (χ1n) is 8.87. The number of likely N-dealkylation sites (tertiary alicyclic amines) is 1. The number of carboxylic acid groups (broad SMARTS) is 1. The van der Waals surface area contributed by atoms with E-state index in [1.54, 1.807) is 0 Å². The number of carboxylic acids is 1. The summed E-state index contributed by atoms with van der Waals surface area (Å²) in [5.74, 6) is -1.15. The zero-order chi connectivity index (χ0) is 16.4. The molecule has 0 aromatic heterocycles. The second-order valence-corrected chi connectivity index (χ2v) is 7.28. The summed E-state index contributed by atoms with van der Waals surface area (Å²) >= 11 is 0. The van der Waals surface area contributed by atoms with Gasteiger partial charge in [0.25, 0.3) is 0 Å². The van der Waals surface area contributed by atoms with Crippen LogP contribution in [-0.2, 0) is 14.4 Å². The van der Waals surface area contributed by atoms with Crippen LogP contribution in [0.4, 0.5) is 0 Å². The quantitative estimate of drug-likeness (QED) is 0.822. The lowest BCUT2D eigenvalue weighted by Crippen LogP contribution is -2.42. The van der Waals surface area contributed by atoms with E-state index < -0.39 is 5.97 Å². The molecule has 0 radical (unpaired) electrons. The van der Waals surface area contributed by atoms with Gasteiger partial charge < -0.3 is 15.3 Å². The fourth-order valence-corrected chi connectivity index (χ4v) is 4.28. The molecule has 3 fully saturated rings. The summed E-state index contributed by atoms with van der Waals surface area (Å²) in [7, 11) is 0. The van der Waals surface area contributed by atoms with Gasteiger partial charge in [0.1, 0.15) is 0 Å². The average molecular weight is 322 g/mol. The number of aliphatic carboxylic acids is 1. The highest BCUT2D eigenvalue weighted by Crippen LogP contribution is 2.30. The van der Waals surface area contributed by atoms with Crippen LogP contribution in [0.2, 0.25) is 0 Å². The van der Waals surface area contributed by atoms with Crippen LogP contribution in [0.25, 0.3) is 0 Å². The molecule has 3 rings (SSSR count). The molecule has 1 heterocycles. The maximum absolute atomic E-state index is 12.4. The minimum absolute atomic E-state index is 0.0300. The van der Waals surface area contributed by atoms with Crippen molar-refractivity contribution in [3.8, 4) is 0 Å². The normalized spacial score (nSPS) is 32.3.